The molecule has 2 aromatic rings. The predicted octanol–water partition coefficient (Wildman–Crippen LogP) is 3.80. The third kappa shape index (κ3) is 4.20. The van der Waals surface area contributed by atoms with Gasteiger partial charge in [0, 0.05) is 17.2 Å². The molecule has 0 unspecified atom stereocenters. The van der Waals surface area contributed by atoms with Crippen molar-refractivity contribution < 1.29 is 14.6 Å². The first-order chi connectivity index (χ1) is 10.6. The van der Waals surface area contributed by atoms with Crippen molar-refractivity contribution in [3.05, 3.63) is 66.2 Å². The number of ether oxygens (including phenoxy) is 1. The molecule has 22 heavy (non-hydrogen) atoms. The molecule has 0 radical (unpaired) electrons. The summed E-state index contributed by atoms with van der Waals surface area (Å²) in [6, 6.07) is 18.5. The van der Waals surface area contributed by atoms with Crippen LogP contribution in [0.4, 0.5) is 10.5 Å². The van der Waals surface area contributed by atoms with E-state index in [-0.39, 0.29) is 0 Å². The van der Waals surface area contributed by atoms with Crippen molar-refractivity contribution in [2.24, 2.45) is 0 Å². The number of hydrogen-bond acceptors (Lipinski definition) is 3. The lowest BCUT2D eigenvalue weighted by atomic mass is 10.1. The number of aliphatic hydroxyl groups excluding tert-OH is 1. The van der Waals surface area contributed by atoms with Crippen LogP contribution in [0.25, 0.3) is 0 Å². The lowest BCUT2D eigenvalue weighted by molar-refractivity contribution is 0.0181. The number of rotatable bonds is 5. The van der Waals surface area contributed by atoms with Crippen molar-refractivity contribution in [1.29, 1.82) is 0 Å². The van der Waals surface area contributed by atoms with Gasteiger partial charge in [-0.2, -0.15) is 0 Å². The van der Waals surface area contributed by atoms with Crippen LogP contribution in [0.3, 0.4) is 0 Å². The van der Waals surface area contributed by atoms with Gasteiger partial charge in [0.1, 0.15) is 6.10 Å². The molecule has 1 amide bonds. The molecular formula is C17H18INO3. The fraction of sp³-hybridized carbons (Fsp3) is 0.235. The van der Waals surface area contributed by atoms with Crippen molar-refractivity contribution in [3.8, 4) is 0 Å². The maximum Gasteiger partial charge on any atom is 0.414 e. The number of halogens is 1. The first-order valence-electron chi connectivity index (χ1n) is 6.92. The number of anilines is 1. The van der Waals surface area contributed by atoms with Crippen molar-refractivity contribution in [2.75, 3.05) is 16.4 Å². The Hall–Kier alpha value is -1.60. The van der Waals surface area contributed by atoms with Crippen LogP contribution >= 0.6 is 22.6 Å². The van der Waals surface area contributed by atoms with Crippen LogP contribution in [0.15, 0.2) is 60.7 Å². The Morgan fingerprint density at radius 3 is 2.23 bits per heavy atom. The molecule has 0 saturated carbocycles. The first-order valence-corrected chi connectivity index (χ1v) is 8.44. The Kier molecular flexibility index (Phi) is 6.21. The monoisotopic (exact) mass is 411 g/mol. The lowest BCUT2D eigenvalue weighted by Gasteiger charge is -2.25. The number of amides is 1. The van der Waals surface area contributed by atoms with Crippen LogP contribution in [-0.2, 0) is 4.74 Å². The summed E-state index contributed by atoms with van der Waals surface area (Å²) in [6.07, 6.45) is -1.93. The molecule has 0 aliphatic heterocycles. The highest BCUT2D eigenvalue weighted by Gasteiger charge is 2.26. The molecule has 2 rings (SSSR count). The largest absolute Gasteiger partial charge is 0.438 e. The lowest BCUT2D eigenvalue weighted by Crippen LogP contribution is -2.32. The quantitative estimate of drug-likeness (QED) is 0.602. The Bertz CT molecular complexity index is 591. The third-order valence-electron chi connectivity index (χ3n) is 3.28. The van der Waals surface area contributed by atoms with Crippen LogP contribution < -0.4 is 4.90 Å². The summed E-state index contributed by atoms with van der Waals surface area (Å²) < 4.78 is 6.01. The number of carbonyl (C=O) groups excluding carboxylic acids is 1. The standard InChI is InChI=1S/C17H18INO3/c1-19(14-10-6-3-7-11-14)17(21)22-16(15(20)12-18)13-8-4-2-5-9-13/h2-11,15-16,20H,12H2,1H3/t15-,16-/m0/s1. The first kappa shape index (κ1) is 16.8. The topological polar surface area (TPSA) is 49.8 Å². The Morgan fingerprint density at radius 1 is 1.14 bits per heavy atom. The molecule has 0 heterocycles. The van der Waals surface area contributed by atoms with Gasteiger partial charge in [-0.05, 0) is 17.7 Å². The highest BCUT2D eigenvalue weighted by molar-refractivity contribution is 14.1. The number of aliphatic hydroxyl groups is 1. The molecule has 2 atom stereocenters. The summed E-state index contributed by atoms with van der Waals surface area (Å²) in [7, 11) is 1.65. The van der Waals surface area contributed by atoms with Gasteiger partial charge in [0.15, 0.2) is 6.10 Å². The average Bonchev–Trinajstić information content (AvgIpc) is 2.59. The molecule has 1 N–H and O–H groups in total. The van der Waals surface area contributed by atoms with E-state index < -0.39 is 18.3 Å². The maximum atomic E-state index is 12.3. The van der Waals surface area contributed by atoms with Gasteiger partial charge in [0.05, 0.1) is 0 Å². The second-order valence-electron chi connectivity index (χ2n) is 4.83. The number of benzene rings is 2. The smallest absolute Gasteiger partial charge is 0.414 e. The zero-order chi connectivity index (χ0) is 15.9. The fourth-order valence-electron chi connectivity index (χ4n) is 2.04. The molecule has 0 bridgehead atoms. The molecule has 4 nitrogen and oxygen atoms in total. The Labute approximate surface area is 143 Å². The van der Waals surface area contributed by atoms with E-state index in [2.05, 4.69) is 22.6 Å². The zero-order valence-electron chi connectivity index (χ0n) is 12.2. The van der Waals surface area contributed by atoms with Gasteiger partial charge in [-0.25, -0.2) is 4.79 Å². The molecule has 5 heteroatoms. The molecule has 0 saturated heterocycles. The highest BCUT2D eigenvalue weighted by Crippen LogP contribution is 2.24. The minimum atomic E-state index is -0.754. The number of para-hydroxylation sites is 1. The van der Waals surface area contributed by atoms with E-state index in [4.69, 9.17) is 4.74 Å². The summed E-state index contributed by atoms with van der Waals surface area (Å²) in [5.74, 6) is 0. The average molecular weight is 411 g/mol. The second kappa shape index (κ2) is 8.14. The fourth-order valence-corrected chi connectivity index (χ4v) is 2.50. The van der Waals surface area contributed by atoms with E-state index >= 15 is 0 Å². The Balaban J connectivity index is 2.15. The van der Waals surface area contributed by atoms with Gasteiger partial charge < -0.3 is 9.84 Å². The normalized spacial score (nSPS) is 13.2. The molecule has 0 aromatic heterocycles. The summed E-state index contributed by atoms with van der Waals surface area (Å²) >= 11 is 2.08. The van der Waals surface area contributed by atoms with Crippen molar-refractivity contribution >= 4 is 34.4 Å². The van der Waals surface area contributed by atoms with Gasteiger partial charge in [0.2, 0.25) is 0 Å². The van der Waals surface area contributed by atoms with Gasteiger partial charge in [-0.3, -0.25) is 4.90 Å². The third-order valence-corrected chi connectivity index (χ3v) is 4.18. The van der Waals surface area contributed by atoms with Gasteiger partial charge in [0.25, 0.3) is 0 Å². The van der Waals surface area contributed by atoms with Crippen molar-refractivity contribution in [1.82, 2.24) is 0 Å². The zero-order valence-corrected chi connectivity index (χ0v) is 14.4. The van der Waals surface area contributed by atoms with Crippen molar-refractivity contribution in [3.63, 3.8) is 0 Å². The molecule has 0 fully saturated rings. The summed E-state index contributed by atoms with van der Waals surface area (Å²) in [5.41, 5.74) is 1.52. The van der Waals surface area contributed by atoms with E-state index in [0.717, 1.165) is 11.3 Å². The van der Waals surface area contributed by atoms with Crippen LogP contribution in [0, 0.1) is 0 Å². The highest BCUT2D eigenvalue weighted by atomic mass is 127. The minimum Gasteiger partial charge on any atom is -0.438 e. The van der Waals surface area contributed by atoms with E-state index in [1.54, 1.807) is 7.05 Å². The molecule has 0 aliphatic rings. The minimum absolute atomic E-state index is 0.472. The molecular weight excluding hydrogens is 393 g/mol. The number of alkyl halides is 1. The van der Waals surface area contributed by atoms with Crippen LogP contribution in [0.5, 0.6) is 0 Å². The number of nitrogens with zero attached hydrogens (tertiary/aromatic N) is 1. The van der Waals surface area contributed by atoms with E-state index in [9.17, 15) is 9.90 Å². The predicted molar refractivity (Wildman–Crippen MR) is 95.4 cm³/mol. The second-order valence-corrected chi connectivity index (χ2v) is 5.71. The number of carbonyl (C=O) groups is 1. The van der Waals surface area contributed by atoms with E-state index in [1.807, 2.05) is 60.7 Å². The van der Waals surface area contributed by atoms with E-state index in [1.165, 1.54) is 4.90 Å². The van der Waals surface area contributed by atoms with Crippen LogP contribution in [0.2, 0.25) is 0 Å². The Morgan fingerprint density at radius 2 is 1.68 bits per heavy atom. The summed E-state index contributed by atoms with van der Waals surface area (Å²) in [4.78, 5) is 13.8. The molecule has 2 aromatic carbocycles. The van der Waals surface area contributed by atoms with Crippen LogP contribution in [0.1, 0.15) is 11.7 Å². The van der Waals surface area contributed by atoms with Gasteiger partial charge in [-0.15, -0.1) is 0 Å². The summed E-state index contributed by atoms with van der Waals surface area (Å²) in [6.45, 7) is 0. The maximum absolute atomic E-state index is 12.3. The van der Waals surface area contributed by atoms with Gasteiger partial charge in [-0.1, -0.05) is 71.1 Å². The summed E-state index contributed by atoms with van der Waals surface area (Å²) in [5, 5.41) is 10.2. The van der Waals surface area contributed by atoms with Gasteiger partial charge >= 0.3 is 6.09 Å². The SMILES string of the molecule is CN(C(=O)O[C@@H](c1ccccc1)[C@@H](O)CI)c1ccccc1. The number of hydrogen-bond donors (Lipinski definition) is 1. The van der Waals surface area contributed by atoms with Crippen molar-refractivity contribution in [2.45, 2.75) is 12.2 Å². The van der Waals surface area contributed by atoms with Crippen LogP contribution in [-0.4, -0.2) is 28.8 Å². The molecule has 0 spiro atoms. The molecule has 0 aliphatic carbocycles. The van der Waals surface area contributed by atoms with E-state index in [0.29, 0.717) is 4.43 Å². The molecule has 116 valence electrons.